The molecule has 1 heterocycles. The number of carbonyl (C=O) groups excluding carboxylic acids is 1. The molecule has 208 valence electrons. The lowest BCUT2D eigenvalue weighted by Gasteiger charge is -2.24. The number of carbonyl (C=O) groups is 1. The molecular formula is C28H28ClN5O4S2. The fourth-order valence-corrected chi connectivity index (χ4v) is 5.94. The Morgan fingerprint density at radius 2 is 1.77 bits per heavy atom. The maximum atomic E-state index is 13.6. The number of amides is 1. The zero-order chi connectivity index (χ0) is 28.7. The third-order valence-corrected chi connectivity index (χ3v) is 8.68. The minimum absolute atomic E-state index is 0.0613. The maximum absolute atomic E-state index is 13.6. The van der Waals surface area contributed by atoms with E-state index < -0.39 is 22.5 Å². The smallest absolute Gasteiger partial charge is 0.264 e. The Morgan fingerprint density at radius 3 is 2.40 bits per heavy atom. The Morgan fingerprint density at radius 1 is 1.10 bits per heavy atom. The number of hydrogen-bond donors (Lipinski definition) is 1. The standard InChI is InChI=1S/C28H28ClN5O4S2/c1-4-38-23-12-10-21(11-13-23)33(40(36,37)25-16-14-24(39-3)15-17-25)19-27(35)31-30-18-26-20(2)34(32-28(26)29)22-8-6-5-7-9-22/h5-18H,4,19H2,1-3H3,(H,31,35)/b30-18-. The molecule has 0 fully saturated rings. The van der Waals surface area contributed by atoms with E-state index in [1.165, 1.54) is 30.1 Å². The summed E-state index contributed by atoms with van der Waals surface area (Å²) >= 11 is 7.83. The van der Waals surface area contributed by atoms with Crippen molar-refractivity contribution in [2.75, 3.05) is 23.7 Å². The summed E-state index contributed by atoms with van der Waals surface area (Å²) in [5, 5.41) is 8.58. The second-order valence-electron chi connectivity index (χ2n) is 8.44. The molecule has 4 rings (SSSR count). The van der Waals surface area contributed by atoms with Gasteiger partial charge in [0.05, 0.1) is 40.3 Å². The zero-order valence-electron chi connectivity index (χ0n) is 22.1. The number of nitrogens with one attached hydrogen (secondary N) is 1. The van der Waals surface area contributed by atoms with Crippen LogP contribution in [0.1, 0.15) is 18.2 Å². The summed E-state index contributed by atoms with van der Waals surface area (Å²) in [4.78, 5) is 13.9. The monoisotopic (exact) mass is 597 g/mol. The lowest BCUT2D eigenvalue weighted by Crippen LogP contribution is -2.39. The number of anilines is 1. The Bertz CT molecular complexity index is 1590. The number of thioether (sulfide) groups is 1. The summed E-state index contributed by atoms with van der Waals surface area (Å²) in [7, 11) is -4.08. The molecule has 40 heavy (non-hydrogen) atoms. The summed E-state index contributed by atoms with van der Waals surface area (Å²) < 4.78 is 35.5. The van der Waals surface area contributed by atoms with E-state index in [1.54, 1.807) is 41.1 Å². The van der Waals surface area contributed by atoms with Crippen LogP contribution in [0.25, 0.3) is 5.69 Å². The van der Waals surface area contributed by atoms with Crippen LogP contribution in [0.4, 0.5) is 5.69 Å². The highest BCUT2D eigenvalue weighted by atomic mass is 35.5. The van der Waals surface area contributed by atoms with Crippen molar-refractivity contribution in [3.63, 3.8) is 0 Å². The van der Waals surface area contributed by atoms with Crippen LogP contribution in [0, 0.1) is 6.92 Å². The molecule has 0 bridgehead atoms. The van der Waals surface area contributed by atoms with E-state index in [0.717, 1.165) is 20.6 Å². The molecule has 0 aliphatic rings. The average molecular weight is 598 g/mol. The van der Waals surface area contributed by atoms with Gasteiger partial charge >= 0.3 is 0 Å². The van der Waals surface area contributed by atoms with Crippen molar-refractivity contribution < 1.29 is 17.9 Å². The molecule has 0 saturated carbocycles. The van der Waals surface area contributed by atoms with Gasteiger partial charge in [0.25, 0.3) is 15.9 Å². The number of ether oxygens (including phenoxy) is 1. The summed E-state index contributed by atoms with van der Waals surface area (Å²) in [6.07, 6.45) is 3.29. The van der Waals surface area contributed by atoms with Gasteiger partial charge in [0.1, 0.15) is 12.3 Å². The lowest BCUT2D eigenvalue weighted by molar-refractivity contribution is -0.119. The molecular weight excluding hydrogens is 570 g/mol. The molecule has 3 aromatic carbocycles. The first-order valence-electron chi connectivity index (χ1n) is 12.3. The molecule has 0 aliphatic heterocycles. The van der Waals surface area contributed by atoms with E-state index in [2.05, 4.69) is 15.6 Å². The highest BCUT2D eigenvalue weighted by Crippen LogP contribution is 2.27. The average Bonchev–Trinajstić information content (AvgIpc) is 3.25. The number of sulfonamides is 1. The van der Waals surface area contributed by atoms with Crippen molar-refractivity contribution in [2.24, 2.45) is 5.10 Å². The normalized spacial score (nSPS) is 11.5. The van der Waals surface area contributed by atoms with Crippen molar-refractivity contribution in [1.29, 1.82) is 0 Å². The Labute approximate surface area is 242 Å². The molecule has 0 atom stereocenters. The molecule has 0 aliphatic carbocycles. The molecule has 0 radical (unpaired) electrons. The van der Waals surface area contributed by atoms with E-state index in [-0.39, 0.29) is 10.0 Å². The molecule has 0 saturated heterocycles. The van der Waals surface area contributed by atoms with Crippen molar-refractivity contribution in [3.05, 3.63) is 95.3 Å². The molecule has 1 aromatic heterocycles. The first kappa shape index (κ1) is 29.2. The minimum atomic E-state index is -4.08. The second-order valence-corrected chi connectivity index (χ2v) is 11.5. The van der Waals surface area contributed by atoms with Crippen LogP contribution in [0.3, 0.4) is 0 Å². The van der Waals surface area contributed by atoms with Gasteiger partial charge in [0, 0.05) is 4.90 Å². The summed E-state index contributed by atoms with van der Waals surface area (Å²) in [6.45, 7) is 3.65. The van der Waals surface area contributed by atoms with Crippen LogP contribution in [0.2, 0.25) is 5.15 Å². The lowest BCUT2D eigenvalue weighted by atomic mass is 10.2. The zero-order valence-corrected chi connectivity index (χ0v) is 24.5. The largest absolute Gasteiger partial charge is 0.494 e. The Balaban J connectivity index is 1.56. The number of hydrazone groups is 1. The maximum Gasteiger partial charge on any atom is 0.264 e. The first-order chi connectivity index (χ1) is 19.2. The quantitative estimate of drug-likeness (QED) is 0.143. The van der Waals surface area contributed by atoms with Gasteiger partial charge in [-0.15, -0.1) is 11.8 Å². The number of para-hydroxylation sites is 1. The predicted octanol–water partition coefficient (Wildman–Crippen LogP) is 5.30. The van der Waals surface area contributed by atoms with Crippen LogP contribution < -0.4 is 14.5 Å². The van der Waals surface area contributed by atoms with Crippen LogP contribution in [0.15, 0.2) is 93.8 Å². The van der Waals surface area contributed by atoms with E-state index in [0.29, 0.717) is 23.6 Å². The van der Waals surface area contributed by atoms with E-state index >= 15 is 0 Å². The molecule has 4 aromatic rings. The number of aromatic nitrogens is 2. The minimum Gasteiger partial charge on any atom is -0.494 e. The van der Waals surface area contributed by atoms with Crippen LogP contribution >= 0.6 is 23.4 Å². The first-order valence-corrected chi connectivity index (χ1v) is 15.3. The van der Waals surface area contributed by atoms with Crippen LogP contribution in [-0.4, -0.2) is 49.7 Å². The van der Waals surface area contributed by atoms with Gasteiger partial charge in [-0.1, -0.05) is 29.8 Å². The molecule has 0 spiro atoms. The van der Waals surface area contributed by atoms with Gasteiger partial charge in [0.15, 0.2) is 5.15 Å². The van der Waals surface area contributed by atoms with Gasteiger partial charge in [-0.05, 0) is 80.8 Å². The van der Waals surface area contributed by atoms with Gasteiger partial charge in [-0.2, -0.15) is 10.2 Å². The third-order valence-electron chi connectivity index (χ3n) is 5.87. The van der Waals surface area contributed by atoms with Crippen molar-refractivity contribution >= 4 is 51.2 Å². The number of nitrogens with zero attached hydrogens (tertiary/aromatic N) is 4. The fourth-order valence-electron chi connectivity index (χ4n) is 3.85. The van der Waals surface area contributed by atoms with Gasteiger partial charge in [0.2, 0.25) is 0 Å². The molecule has 12 heteroatoms. The number of hydrogen-bond acceptors (Lipinski definition) is 7. The SMILES string of the molecule is CCOc1ccc(N(CC(=O)N/N=C\c2c(Cl)nn(-c3ccccc3)c2C)S(=O)(=O)c2ccc(SC)cc2)cc1. The third kappa shape index (κ3) is 6.67. The number of halogens is 1. The van der Waals surface area contributed by atoms with Gasteiger partial charge in [-0.3, -0.25) is 9.10 Å². The molecule has 9 nitrogen and oxygen atoms in total. The van der Waals surface area contributed by atoms with Crippen LogP contribution in [-0.2, 0) is 14.8 Å². The fraction of sp³-hybridized carbons (Fsp3) is 0.179. The highest BCUT2D eigenvalue weighted by Gasteiger charge is 2.27. The van der Waals surface area contributed by atoms with Gasteiger partial charge in [-0.25, -0.2) is 18.5 Å². The number of benzene rings is 3. The van der Waals surface area contributed by atoms with Crippen molar-refractivity contribution in [3.8, 4) is 11.4 Å². The van der Waals surface area contributed by atoms with Crippen molar-refractivity contribution in [1.82, 2.24) is 15.2 Å². The molecule has 1 N–H and O–H groups in total. The van der Waals surface area contributed by atoms with E-state index in [9.17, 15) is 13.2 Å². The predicted molar refractivity (Wildman–Crippen MR) is 159 cm³/mol. The summed E-state index contributed by atoms with van der Waals surface area (Å²) in [5.74, 6) is -0.0519. The van der Waals surface area contributed by atoms with Gasteiger partial charge < -0.3 is 4.74 Å². The van der Waals surface area contributed by atoms with E-state index in [1.807, 2.05) is 50.4 Å². The molecule has 0 unspecified atom stereocenters. The summed E-state index contributed by atoms with van der Waals surface area (Å²) in [6, 6.07) is 22.5. The Kier molecular flexibility index (Phi) is 9.51. The number of rotatable bonds is 11. The van der Waals surface area contributed by atoms with Crippen LogP contribution in [0.5, 0.6) is 5.75 Å². The van der Waals surface area contributed by atoms with E-state index in [4.69, 9.17) is 16.3 Å². The molecule has 1 amide bonds. The summed E-state index contributed by atoms with van der Waals surface area (Å²) in [5.41, 5.74) is 4.79. The highest BCUT2D eigenvalue weighted by molar-refractivity contribution is 7.98. The topological polar surface area (TPSA) is 106 Å². The second kappa shape index (κ2) is 13.0. The van der Waals surface area contributed by atoms with Crippen molar-refractivity contribution in [2.45, 2.75) is 23.6 Å². The Hall–Kier alpha value is -3.80.